The molecule has 0 saturated heterocycles. The average molecular weight is 159 g/mol. The molecule has 0 aliphatic heterocycles. The molecule has 0 heterocycles. The van der Waals surface area contributed by atoms with E-state index in [1.54, 1.807) is 0 Å². The van der Waals surface area contributed by atoms with Gasteiger partial charge in [-0.1, -0.05) is 0 Å². The van der Waals surface area contributed by atoms with Crippen LogP contribution in [0.25, 0.3) is 0 Å². The summed E-state index contributed by atoms with van der Waals surface area (Å²) in [7, 11) is 0. The number of hydrogen-bond acceptors (Lipinski definition) is 4. The summed E-state index contributed by atoms with van der Waals surface area (Å²) in [5.41, 5.74) is 0. The number of aliphatic hydroxyl groups is 1. The highest BCUT2D eigenvalue weighted by atomic mass is 16.3. The topological polar surface area (TPSA) is 56.7 Å². The summed E-state index contributed by atoms with van der Waals surface area (Å²) in [5.74, 6) is 0. The van der Waals surface area contributed by atoms with E-state index in [9.17, 15) is 0 Å². The zero-order valence-corrected chi connectivity index (χ0v) is 6.84. The van der Waals surface area contributed by atoms with Gasteiger partial charge in [0.2, 0.25) is 0 Å². The van der Waals surface area contributed by atoms with E-state index in [4.69, 9.17) is 5.11 Å². The molecule has 0 saturated carbocycles. The first-order chi connectivity index (χ1) is 5.41. The van der Waals surface area contributed by atoms with Crippen LogP contribution in [0.15, 0.2) is 4.99 Å². The number of nitrogens with zero attached hydrogens (tertiary/aromatic N) is 1. The van der Waals surface area contributed by atoms with Crippen molar-refractivity contribution in [3.63, 3.8) is 0 Å². The van der Waals surface area contributed by atoms with Gasteiger partial charge in [-0.3, -0.25) is 4.99 Å². The van der Waals surface area contributed by atoms with E-state index in [-0.39, 0.29) is 6.61 Å². The van der Waals surface area contributed by atoms with E-state index in [1.807, 2.05) is 0 Å². The molecule has 0 aromatic heterocycles. The zero-order chi connectivity index (χ0) is 8.36. The molecule has 0 fully saturated rings. The first-order valence-corrected chi connectivity index (χ1v) is 3.86. The smallest absolute Gasteiger partial charge is 0.0555 e. The van der Waals surface area contributed by atoms with Gasteiger partial charge in [-0.15, -0.1) is 0 Å². The van der Waals surface area contributed by atoms with Gasteiger partial charge in [0, 0.05) is 26.2 Å². The Hall–Kier alpha value is -0.450. The van der Waals surface area contributed by atoms with Crippen molar-refractivity contribution in [3.05, 3.63) is 0 Å². The van der Waals surface area contributed by atoms with Crippen molar-refractivity contribution < 1.29 is 5.11 Å². The van der Waals surface area contributed by atoms with Crippen molar-refractivity contribution in [2.75, 3.05) is 39.3 Å². The Bertz CT molecular complexity index is 87.8. The Kier molecular flexibility index (Phi) is 9.16. The lowest BCUT2D eigenvalue weighted by Crippen LogP contribution is -2.30. The first-order valence-electron chi connectivity index (χ1n) is 3.86. The van der Waals surface area contributed by atoms with Crippen LogP contribution in [-0.4, -0.2) is 51.2 Å². The molecule has 0 aromatic rings. The van der Waals surface area contributed by atoms with E-state index in [1.165, 1.54) is 0 Å². The van der Waals surface area contributed by atoms with Gasteiger partial charge in [-0.2, -0.15) is 0 Å². The normalized spacial score (nSPS) is 9.91. The summed E-state index contributed by atoms with van der Waals surface area (Å²) >= 11 is 0. The minimum atomic E-state index is 0.203. The van der Waals surface area contributed by atoms with E-state index >= 15 is 0 Å². The second kappa shape index (κ2) is 9.55. The quantitative estimate of drug-likeness (QED) is 0.310. The lowest BCUT2D eigenvalue weighted by Gasteiger charge is -2.02. The highest BCUT2D eigenvalue weighted by Crippen LogP contribution is 1.63. The molecule has 0 radical (unpaired) electrons. The van der Waals surface area contributed by atoms with Gasteiger partial charge in [-0.25, -0.2) is 0 Å². The van der Waals surface area contributed by atoms with Crippen molar-refractivity contribution >= 4 is 6.72 Å². The molecule has 0 unspecified atom stereocenters. The van der Waals surface area contributed by atoms with Crippen LogP contribution in [0.4, 0.5) is 0 Å². The number of nitrogens with one attached hydrogen (secondary N) is 2. The van der Waals surface area contributed by atoms with Crippen molar-refractivity contribution in [1.29, 1.82) is 0 Å². The predicted octanol–water partition coefficient (Wildman–Crippen LogP) is -1.14. The molecule has 0 aliphatic rings. The molecule has 0 aliphatic carbocycles. The van der Waals surface area contributed by atoms with Gasteiger partial charge in [-0.05, 0) is 6.72 Å². The van der Waals surface area contributed by atoms with Crippen LogP contribution in [0.2, 0.25) is 0 Å². The molecule has 4 nitrogen and oxygen atoms in total. The predicted molar refractivity (Wildman–Crippen MR) is 47.2 cm³/mol. The minimum absolute atomic E-state index is 0.203. The Morgan fingerprint density at radius 1 is 1.09 bits per heavy atom. The first kappa shape index (κ1) is 10.6. The van der Waals surface area contributed by atoms with E-state index < -0.39 is 0 Å². The minimum Gasteiger partial charge on any atom is -0.395 e. The van der Waals surface area contributed by atoms with Gasteiger partial charge in [0.15, 0.2) is 0 Å². The van der Waals surface area contributed by atoms with E-state index in [2.05, 4.69) is 22.3 Å². The summed E-state index contributed by atoms with van der Waals surface area (Å²) in [6.45, 7) is 7.68. The Morgan fingerprint density at radius 3 is 2.27 bits per heavy atom. The second-order valence-corrected chi connectivity index (χ2v) is 2.17. The van der Waals surface area contributed by atoms with Gasteiger partial charge in [0.1, 0.15) is 0 Å². The molecule has 0 bridgehead atoms. The van der Waals surface area contributed by atoms with E-state index in [0.29, 0.717) is 6.54 Å². The number of hydrogen-bond donors (Lipinski definition) is 3. The molecule has 66 valence electrons. The van der Waals surface area contributed by atoms with Crippen LogP contribution in [0.1, 0.15) is 0 Å². The molecular formula is C7H17N3O. The third-order valence-corrected chi connectivity index (χ3v) is 1.21. The molecule has 4 heteroatoms. The Balaban J connectivity index is 2.74. The summed E-state index contributed by atoms with van der Waals surface area (Å²) < 4.78 is 0. The van der Waals surface area contributed by atoms with Gasteiger partial charge < -0.3 is 15.7 Å². The van der Waals surface area contributed by atoms with Crippen LogP contribution in [0.3, 0.4) is 0 Å². The summed E-state index contributed by atoms with van der Waals surface area (Å²) in [4.78, 5) is 3.70. The molecule has 0 spiro atoms. The van der Waals surface area contributed by atoms with Gasteiger partial charge >= 0.3 is 0 Å². The van der Waals surface area contributed by atoms with Crippen LogP contribution >= 0.6 is 0 Å². The number of aliphatic imine (C=N–C) groups is 1. The Labute approximate surface area is 67.7 Å². The molecule has 0 atom stereocenters. The monoisotopic (exact) mass is 159 g/mol. The fourth-order valence-electron chi connectivity index (χ4n) is 0.664. The molecule has 0 aromatic carbocycles. The summed E-state index contributed by atoms with van der Waals surface area (Å²) in [5, 5.41) is 14.6. The van der Waals surface area contributed by atoms with Crippen LogP contribution in [0.5, 0.6) is 0 Å². The molecular weight excluding hydrogens is 142 g/mol. The molecule has 11 heavy (non-hydrogen) atoms. The van der Waals surface area contributed by atoms with Crippen molar-refractivity contribution in [1.82, 2.24) is 10.6 Å². The highest BCUT2D eigenvalue weighted by molar-refractivity contribution is 5.23. The fraction of sp³-hybridized carbons (Fsp3) is 0.857. The third kappa shape index (κ3) is 9.55. The second-order valence-electron chi connectivity index (χ2n) is 2.17. The highest BCUT2D eigenvalue weighted by Gasteiger charge is 1.85. The number of aliphatic hydroxyl groups excluding tert-OH is 1. The van der Waals surface area contributed by atoms with Crippen LogP contribution in [-0.2, 0) is 0 Å². The van der Waals surface area contributed by atoms with Gasteiger partial charge in [0.05, 0.1) is 13.2 Å². The van der Waals surface area contributed by atoms with Crippen LogP contribution < -0.4 is 10.6 Å². The zero-order valence-electron chi connectivity index (χ0n) is 6.84. The van der Waals surface area contributed by atoms with Crippen molar-refractivity contribution in [2.24, 2.45) is 4.99 Å². The SMILES string of the molecule is C=NCCNCCNCCO. The summed E-state index contributed by atoms with van der Waals surface area (Å²) in [6, 6.07) is 0. The maximum atomic E-state index is 8.40. The van der Waals surface area contributed by atoms with Gasteiger partial charge in [0.25, 0.3) is 0 Å². The van der Waals surface area contributed by atoms with Crippen molar-refractivity contribution in [3.8, 4) is 0 Å². The van der Waals surface area contributed by atoms with E-state index in [0.717, 1.165) is 26.2 Å². The maximum Gasteiger partial charge on any atom is 0.0555 e. The standard InChI is InChI=1S/C7H17N3O/c1-8-2-3-9-4-5-10-6-7-11/h9-11H,1-7H2. The Morgan fingerprint density at radius 2 is 1.73 bits per heavy atom. The molecule has 0 amide bonds. The van der Waals surface area contributed by atoms with Crippen LogP contribution in [0, 0.1) is 0 Å². The fourth-order valence-corrected chi connectivity index (χ4v) is 0.664. The lowest BCUT2D eigenvalue weighted by molar-refractivity contribution is 0.292. The molecule has 0 rings (SSSR count). The average Bonchev–Trinajstić information content (AvgIpc) is 2.03. The van der Waals surface area contributed by atoms with Crippen molar-refractivity contribution in [2.45, 2.75) is 0 Å². The number of rotatable bonds is 8. The molecule has 3 N–H and O–H groups in total. The maximum absolute atomic E-state index is 8.40. The summed E-state index contributed by atoms with van der Waals surface area (Å²) in [6.07, 6.45) is 0. The third-order valence-electron chi connectivity index (χ3n) is 1.21. The largest absolute Gasteiger partial charge is 0.395 e. The lowest BCUT2D eigenvalue weighted by atomic mass is 10.5.